The van der Waals surface area contributed by atoms with Gasteiger partial charge in [-0.3, -0.25) is 14.9 Å². The number of hydrogen-bond acceptors (Lipinski definition) is 6. The lowest BCUT2D eigenvalue weighted by atomic mass is 10.1. The molecule has 8 nitrogen and oxygen atoms in total. The molecule has 1 amide bonds. The molecular formula is C20H21FN2O6. The van der Waals surface area contributed by atoms with E-state index in [1.54, 1.807) is 12.1 Å². The third-order valence-corrected chi connectivity index (χ3v) is 3.82. The van der Waals surface area contributed by atoms with Crippen LogP contribution in [0.2, 0.25) is 0 Å². The predicted molar refractivity (Wildman–Crippen MR) is 103 cm³/mol. The highest BCUT2D eigenvalue weighted by atomic mass is 19.1. The Morgan fingerprint density at radius 1 is 1.17 bits per heavy atom. The molecule has 0 heterocycles. The number of anilines is 1. The van der Waals surface area contributed by atoms with Crippen LogP contribution in [0.3, 0.4) is 0 Å². The first-order chi connectivity index (χ1) is 13.8. The van der Waals surface area contributed by atoms with Crippen molar-refractivity contribution in [3.8, 4) is 5.75 Å². The van der Waals surface area contributed by atoms with Crippen LogP contribution in [-0.4, -0.2) is 30.0 Å². The molecule has 29 heavy (non-hydrogen) atoms. The Morgan fingerprint density at radius 2 is 1.86 bits per heavy atom. The summed E-state index contributed by atoms with van der Waals surface area (Å²) in [6.07, 6.45) is 0.908. The van der Waals surface area contributed by atoms with Gasteiger partial charge in [0.1, 0.15) is 17.3 Å². The lowest BCUT2D eigenvalue weighted by Gasteiger charge is -2.09. The van der Waals surface area contributed by atoms with E-state index < -0.39 is 34.9 Å². The highest BCUT2D eigenvalue weighted by Crippen LogP contribution is 2.24. The normalized spacial score (nSPS) is 10.5. The fraction of sp³-hybridized carbons (Fsp3) is 0.300. The van der Waals surface area contributed by atoms with Crippen LogP contribution in [0.4, 0.5) is 15.8 Å². The number of esters is 1. The number of nitrogens with zero attached hydrogens (tertiary/aromatic N) is 1. The van der Waals surface area contributed by atoms with Gasteiger partial charge in [-0.2, -0.15) is 0 Å². The SMILES string of the molecule is CC(C)CCOc1ccc(C(=O)OCC(=O)Nc2ccc(F)cc2[N+](=O)[O-])cc1. The fourth-order valence-electron chi connectivity index (χ4n) is 2.26. The van der Waals surface area contributed by atoms with E-state index in [0.29, 0.717) is 24.3 Å². The van der Waals surface area contributed by atoms with E-state index in [9.17, 15) is 24.1 Å². The lowest BCUT2D eigenvalue weighted by Crippen LogP contribution is -2.21. The van der Waals surface area contributed by atoms with Gasteiger partial charge >= 0.3 is 5.97 Å². The molecule has 2 aromatic rings. The minimum atomic E-state index is -0.824. The van der Waals surface area contributed by atoms with Gasteiger partial charge in [0.15, 0.2) is 6.61 Å². The van der Waals surface area contributed by atoms with Gasteiger partial charge in [-0.25, -0.2) is 9.18 Å². The Morgan fingerprint density at radius 3 is 2.48 bits per heavy atom. The second-order valence-corrected chi connectivity index (χ2v) is 6.60. The second kappa shape index (κ2) is 10.2. The number of hydrogen-bond donors (Lipinski definition) is 1. The monoisotopic (exact) mass is 404 g/mol. The number of amides is 1. The van der Waals surface area contributed by atoms with Gasteiger partial charge in [0, 0.05) is 0 Å². The zero-order valence-corrected chi connectivity index (χ0v) is 16.0. The number of halogens is 1. The molecule has 0 atom stereocenters. The largest absolute Gasteiger partial charge is 0.494 e. The van der Waals surface area contributed by atoms with Crippen LogP contribution in [0.15, 0.2) is 42.5 Å². The van der Waals surface area contributed by atoms with Crippen LogP contribution in [0.1, 0.15) is 30.6 Å². The van der Waals surface area contributed by atoms with Crippen LogP contribution >= 0.6 is 0 Å². The van der Waals surface area contributed by atoms with Crippen molar-refractivity contribution in [2.24, 2.45) is 5.92 Å². The minimum Gasteiger partial charge on any atom is -0.494 e. The summed E-state index contributed by atoms with van der Waals surface area (Å²) >= 11 is 0. The maximum atomic E-state index is 13.1. The maximum absolute atomic E-state index is 13.1. The molecule has 0 bridgehead atoms. The Labute approximate surface area is 166 Å². The quantitative estimate of drug-likeness (QED) is 0.385. The fourth-order valence-corrected chi connectivity index (χ4v) is 2.26. The van der Waals surface area contributed by atoms with Crippen LogP contribution in [-0.2, 0) is 9.53 Å². The van der Waals surface area contributed by atoms with Crippen LogP contribution in [0.5, 0.6) is 5.75 Å². The zero-order valence-electron chi connectivity index (χ0n) is 16.0. The summed E-state index contributed by atoms with van der Waals surface area (Å²) < 4.78 is 23.6. The molecule has 0 unspecified atom stereocenters. The Hall–Kier alpha value is -3.49. The van der Waals surface area contributed by atoms with E-state index in [4.69, 9.17) is 9.47 Å². The number of benzene rings is 2. The molecule has 0 fully saturated rings. The van der Waals surface area contributed by atoms with Gasteiger partial charge in [-0.15, -0.1) is 0 Å². The highest BCUT2D eigenvalue weighted by molar-refractivity contribution is 5.96. The van der Waals surface area contributed by atoms with Crippen LogP contribution in [0.25, 0.3) is 0 Å². The van der Waals surface area contributed by atoms with Crippen molar-refractivity contribution in [1.82, 2.24) is 0 Å². The summed E-state index contributed by atoms with van der Waals surface area (Å²) in [4.78, 5) is 34.0. The number of ether oxygens (including phenoxy) is 2. The number of nitro groups is 1. The molecule has 2 aromatic carbocycles. The lowest BCUT2D eigenvalue weighted by molar-refractivity contribution is -0.384. The molecule has 2 rings (SSSR count). The van der Waals surface area contributed by atoms with Gasteiger partial charge in [0.25, 0.3) is 11.6 Å². The first-order valence-electron chi connectivity index (χ1n) is 8.90. The summed E-state index contributed by atoms with van der Waals surface area (Å²) in [5, 5.41) is 13.1. The van der Waals surface area contributed by atoms with Gasteiger partial charge < -0.3 is 14.8 Å². The average molecular weight is 404 g/mol. The summed E-state index contributed by atoms with van der Waals surface area (Å²) in [5.74, 6) is -1.20. The molecule has 154 valence electrons. The topological polar surface area (TPSA) is 108 Å². The first kappa shape index (κ1) is 21.8. The summed E-state index contributed by atoms with van der Waals surface area (Å²) in [5.41, 5.74) is -0.570. The van der Waals surface area contributed by atoms with E-state index in [0.717, 1.165) is 18.6 Å². The van der Waals surface area contributed by atoms with Crippen LogP contribution in [0, 0.1) is 21.8 Å². The number of carbonyl (C=O) groups is 2. The van der Waals surface area contributed by atoms with Crippen molar-refractivity contribution in [2.45, 2.75) is 20.3 Å². The number of nitro benzene ring substituents is 1. The third-order valence-electron chi connectivity index (χ3n) is 3.82. The standard InChI is InChI=1S/C20H21FN2O6/c1-13(2)9-10-28-16-6-3-14(4-7-16)20(25)29-12-19(24)22-17-8-5-15(21)11-18(17)23(26)27/h3-8,11,13H,9-10,12H2,1-2H3,(H,22,24). The molecule has 0 aliphatic heterocycles. The van der Waals surface area contributed by atoms with E-state index in [1.807, 2.05) is 0 Å². The maximum Gasteiger partial charge on any atom is 0.338 e. The number of nitrogens with one attached hydrogen (secondary N) is 1. The molecule has 0 saturated carbocycles. The molecular weight excluding hydrogens is 383 g/mol. The van der Waals surface area contributed by atoms with E-state index in [1.165, 1.54) is 12.1 Å². The minimum absolute atomic E-state index is 0.194. The Balaban J connectivity index is 1.87. The molecule has 0 spiro atoms. The van der Waals surface area contributed by atoms with Crippen LogP contribution < -0.4 is 10.1 Å². The average Bonchev–Trinajstić information content (AvgIpc) is 2.67. The van der Waals surface area contributed by atoms with E-state index in [2.05, 4.69) is 19.2 Å². The van der Waals surface area contributed by atoms with Gasteiger partial charge in [0.2, 0.25) is 0 Å². The molecule has 0 radical (unpaired) electrons. The number of carbonyl (C=O) groups excluding carboxylic acids is 2. The molecule has 0 aromatic heterocycles. The predicted octanol–water partition coefficient (Wildman–Crippen LogP) is 3.95. The molecule has 0 saturated heterocycles. The summed E-state index contributed by atoms with van der Waals surface area (Å²) in [6, 6.07) is 8.99. The molecule has 9 heteroatoms. The molecule has 1 N–H and O–H groups in total. The van der Waals surface area contributed by atoms with Crippen molar-refractivity contribution in [3.05, 3.63) is 64.0 Å². The third kappa shape index (κ3) is 6.87. The molecule has 0 aliphatic carbocycles. The van der Waals surface area contributed by atoms with Gasteiger partial charge in [-0.05, 0) is 48.7 Å². The van der Waals surface area contributed by atoms with Gasteiger partial charge in [-0.1, -0.05) is 13.8 Å². The van der Waals surface area contributed by atoms with Crippen molar-refractivity contribution in [2.75, 3.05) is 18.5 Å². The zero-order chi connectivity index (χ0) is 21.4. The molecule has 0 aliphatic rings. The number of rotatable bonds is 9. The summed E-state index contributed by atoms with van der Waals surface area (Å²) in [6.45, 7) is 4.09. The second-order valence-electron chi connectivity index (χ2n) is 6.60. The van der Waals surface area contributed by atoms with Crippen molar-refractivity contribution in [1.29, 1.82) is 0 Å². The Kier molecular flexibility index (Phi) is 7.64. The highest BCUT2D eigenvalue weighted by Gasteiger charge is 2.18. The summed E-state index contributed by atoms with van der Waals surface area (Å²) in [7, 11) is 0. The van der Waals surface area contributed by atoms with Crippen molar-refractivity contribution < 1.29 is 28.4 Å². The van der Waals surface area contributed by atoms with E-state index in [-0.39, 0.29) is 11.3 Å². The van der Waals surface area contributed by atoms with Crippen molar-refractivity contribution in [3.63, 3.8) is 0 Å². The smallest absolute Gasteiger partial charge is 0.338 e. The van der Waals surface area contributed by atoms with E-state index >= 15 is 0 Å². The van der Waals surface area contributed by atoms with Crippen molar-refractivity contribution >= 4 is 23.3 Å². The first-order valence-corrected chi connectivity index (χ1v) is 8.90. The Bertz CT molecular complexity index is 883. The van der Waals surface area contributed by atoms with Gasteiger partial charge in [0.05, 0.1) is 23.2 Å².